The first-order valence-electron chi connectivity index (χ1n) is 4.00. The number of benzene rings is 1. The van der Waals surface area contributed by atoms with Gasteiger partial charge in [-0.2, -0.15) is 0 Å². The lowest BCUT2D eigenvalue weighted by atomic mass is 10.1. The minimum absolute atomic E-state index is 0.273. The molecule has 3 nitrogen and oxygen atoms in total. The Hall–Kier alpha value is -1.29. The molecule has 0 aliphatic carbocycles. The Morgan fingerprint density at radius 3 is 2.12 bits per heavy atom. The van der Waals surface area contributed by atoms with Gasteiger partial charge >= 0.3 is 5.97 Å². The monoisotopic (exact) mass is 269 g/mol. The summed E-state index contributed by atoms with van der Waals surface area (Å²) in [6.45, 7) is 0.448. The van der Waals surface area contributed by atoms with Crippen molar-refractivity contribution in [2.75, 3.05) is 0 Å². The van der Waals surface area contributed by atoms with Gasteiger partial charge in [0.05, 0.1) is 17.3 Å². The van der Waals surface area contributed by atoms with Crippen molar-refractivity contribution in [1.82, 2.24) is 0 Å². The van der Waals surface area contributed by atoms with E-state index in [1.165, 1.54) is 12.1 Å². The molecule has 1 rings (SSSR count). The lowest BCUT2D eigenvalue weighted by Gasteiger charge is -1.96. The molecule has 1 aromatic rings. The van der Waals surface area contributed by atoms with Crippen LogP contribution in [0.15, 0.2) is 29.3 Å². The Morgan fingerprint density at radius 2 is 1.75 bits per heavy atom. The fourth-order valence-electron chi connectivity index (χ4n) is 0.876. The van der Waals surface area contributed by atoms with Gasteiger partial charge in [0, 0.05) is 4.31 Å². The molecule has 16 heavy (non-hydrogen) atoms. The van der Waals surface area contributed by atoms with E-state index in [2.05, 4.69) is 46.8 Å². The molecule has 0 aliphatic rings. The van der Waals surface area contributed by atoms with Gasteiger partial charge in [-0.15, -0.1) is 0 Å². The van der Waals surface area contributed by atoms with Crippen molar-refractivity contribution in [3.05, 3.63) is 35.4 Å². The third-order valence-corrected chi connectivity index (χ3v) is 1.66. The molecule has 82 valence electrons. The first-order chi connectivity index (χ1) is 7.65. The molecule has 0 saturated heterocycles. The van der Waals surface area contributed by atoms with Crippen LogP contribution in [0, 0.1) is 0 Å². The Balaban J connectivity index is 0.000000673. The molecule has 0 aromatic heterocycles. The van der Waals surface area contributed by atoms with Crippen LogP contribution in [-0.4, -0.2) is 20.6 Å². The Labute approximate surface area is 109 Å². The Bertz CT molecular complexity index is 430. The molecule has 0 atom stereocenters. The van der Waals surface area contributed by atoms with Gasteiger partial charge in [0.15, 0.2) is 0 Å². The number of hydrogen-bond acceptors (Lipinski definition) is 5. The molecule has 0 fully saturated rings. The van der Waals surface area contributed by atoms with Gasteiger partial charge in [-0.1, -0.05) is 12.1 Å². The number of carbonyl (C=O) groups is 1. The van der Waals surface area contributed by atoms with Gasteiger partial charge in [0.1, 0.15) is 0 Å². The minimum Gasteiger partial charge on any atom is -0.478 e. The smallest absolute Gasteiger partial charge is 0.335 e. The van der Waals surface area contributed by atoms with Crippen LogP contribution in [0.25, 0.3) is 0 Å². The molecular weight excluding hydrogens is 262 g/mol. The third kappa shape index (κ3) is 6.24. The molecule has 0 radical (unpaired) electrons. The second kappa shape index (κ2) is 8.97. The van der Waals surface area contributed by atoms with Gasteiger partial charge in [-0.25, -0.2) is 9.79 Å². The van der Waals surface area contributed by atoms with Gasteiger partial charge in [0.2, 0.25) is 0 Å². The average molecular weight is 269 g/mol. The van der Waals surface area contributed by atoms with E-state index in [0.29, 0.717) is 6.54 Å². The maximum absolute atomic E-state index is 10.5. The summed E-state index contributed by atoms with van der Waals surface area (Å²) in [6.07, 6.45) is 0. The number of aromatic carboxylic acids is 1. The van der Waals surface area contributed by atoms with Crippen molar-refractivity contribution in [3.63, 3.8) is 0 Å². The summed E-state index contributed by atoms with van der Waals surface area (Å²) in [5.41, 5.74) is 1.19. The summed E-state index contributed by atoms with van der Waals surface area (Å²) in [4.78, 5) is 14.2. The molecule has 0 bridgehead atoms. The lowest BCUT2D eigenvalue weighted by molar-refractivity contribution is 0.0697. The maximum atomic E-state index is 10.5. The van der Waals surface area contributed by atoms with Crippen molar-refractivity contribution in [2.24, 2.45) is 4.99 Å². The summed E-state index contributed by atoms with van der Waals surface area (Å²) in [5.74, 6) is -0.926. The fourth-order valence-corrected chi connectivity index (χ4v) is 0.941. The van der Waals surface area contributed by atoms with Gasteiger partial charge in [-0.05, 0) is 54.3 Å². The van der Waals surface area contributed by atoms with E-state index < -0.39 is 5.97 Å². The number of rotatable bonds is 3. The molecule has 0 unspecified atom stereocenters. The minimum atomic E-state index is -0.926. The van der Waals surface area contributed by atoms with Crippen LogP contribution in [0.4, 0.5) is 0 Å². The molecule has 0 amide bonds. The van der Waals surface area contributed by atoms with Crippen LogP contribution in [0.3, 0.4) is 0 Å². The van der Waals surface area contributed by atoms with Crippen LogP contribution in [-0.2, 0) is 6.54 Å². The Morgan fingerprint density at radius 1 is 1.25 bits per heavy atom. The first kappa shape index (κ1) is 14.7. The number of isothiocyanates is 1. The zero-order valence-corrected chi connectivity index (χ0v) is 10.5. The van der Waals surface area contributed by atoms with Crippen LogP contribution in [0.1, 0.15) is 15.9 Å². The molecule has 1 N–H and O–H groups in total. The van der Waals surface area contributed by atoms with Crippen molar-refractivity contribution in [1.29, 1.82) is 0 Å². The van der Waals surface area contributed by atoms with E-state index in [1.54, 1.807) is 12.1 Å². The third-order valence-electron chi connectivity index (χ3n) is 1.53. The van der Waals surface area contributed by atoms with Gasteiger partial charge < -0.3 is 5.11 Å². The van der Waals surface area contributed by atoms with E-state index in [0.717, 1.165) is 5.56 Å². The number of carboxylic acids is 1. The van der Waals surface area contributed by atoms with Crippen LogP contribution in [0.2, 0.25) is 0 Å². The number of nitrogens with zero attached hydrogens (tertiary/aromatic N) is 1. The van der Waals surface area contributed by atoms with Crippen LogP contribution < -0.4 is 0 Å². The zero-order valence-electron chi connectivity index (χ0n) is 8.04. The van der Waals surface area contributed by atoms with E-state index in [4.69, 9.17) is 5.11 Å². The predicted octanol–water partition coefficient (Wildman–Crippen LogP) is 3.01. The summed E-state index contributed by atoms with van der Waals surface area (Å²) in [5, 5.41) is 10.8. The Kier molecular flexibility index (Phi) is 8.25. The topological polar surface area (TPSA) is 49.7 Å². The summed E-state index contributed by atoms with van der Waals surface area (Å²) >= 11 is 12.3. The van der Waals surface area contributed by atoms with Crippen molar-refractivity contribution in [2.45, 2.75) is 6.54 Å². The second-order valence-corrected chi connectivity index (χ2v) is 3.34. The normalized spacial score (nSPS) is 7.75. The van der Waals surface area contributed by atoms with Crippen molar-refractivity contribution < 1.29 is 9.90 Å². The summed E-state index contributed by atoms with van der Waals surface area (Å²) in [7, 11) is 0. The van der Waals surface area contributed by atoms with Gasteiger partial charge in [-0.3, -0.25) is 0 Å². The van der Waals surface area contributed by atoms with E-state index in [1.807, 2.05) is 4.31 Å². The lowest BCUT2D eigenvalue weighted by Crippen LogP contribution is -1.95. The highest BCUT2D eigenvalue weighted by Gasteiger charge is 2.00. The molecule has 1 aromatic carbocycles. The van der Waals surface area contributed by atoms with Crippen LogP contribution >= 0.6 is 36.7 Å². The molecular formula is C10H7NO2S3. The number of hydrogen-bond donors (Lipinski definition) is 1. The maximum Gasteiger partial charge on any atom is 0.335 e. The fraction of sp³-hybridized carbons (Fsp3) is 0.100. The van der Waals surface area contributed by atoms with E-state index >= 15 is 0 Å². The molecule has 6 heteroatoms. The number of carboxylic acid groups (broad SMARTS) is 1. The number of thiocarbonyl (C=S) groups is 3. The molecule has 0 aliphatic heterocycles. The van der Waals surface area contributed by atoms with E-state index in [9.17, 15) is 4.79 Å². The first-order valence-corrected chi connectivity index (χ1v) is 5.23. The quantitative estimate of drug-likeness (QED) is 0.675. The highest BCUT2D eigenvalue weighted by atomic mass is 32.1. The SMILES string of the molecule is O=C(O)c1ccc(CN=C=S)cc1.S=C=S. The molecule has 0 spiro atoms. The zero-order chi connectivity index (χ0) is 12.4. The second-order valence-electron chi connectivity index (χ2n) is 2.49. The molecule has 0 heterocycles. The van der Waals surface area contributed by atoms with Crippen molar-refractivity contribution in [3.8, 4) is 0 Å². The van der Waals surface area contributed by atoms with E-state index in [-0.39, 0.29) is 5.56 Å². The summed E-state index contributed by atoms with van der Waals surface area (Å²) in [6, 6.07) is 6.49. The van der Waals surface area contributed by atoms with Gasteiger partial charge in [0.25, 0.3) is 0 Å². The number of aliphatic imine (C=N–C) groups is 1. The highest BCUT2D eigenvalue weighted by molar-refractivity contribution is 7.93. The average Bonchev–Trinajstić information content (AvgIpc) is 2.28. The van der Waals surface area contributed by atoms with Crippen molar-refractivity contribution >= 4 is 52.1 Å². The highest BCUT2D eigenvalue weighted by Crippen LogP contribution is 2.05. The molecule has 0 saturated carbocycles. The predicted molar refractivity (Wildman–Crippen MR) is 72.3 cm³/mol. The van der Waals surface area contributed by atoms with Crippen LogP contribution in [0.5, 0.6) is 0 Å². The largest absolute Gasteiger partial charge is 0.478 e. The standard InChI is InChI=1S/C9H7NO2S.CS2/c11-9(12)8-3-1-7(2-4-8)5-10-6-13;2-1-3/h1-4H,5H2,(H,11,12);. The summed E-state index contributed by atoms with van der Waals surface area (Å²) < 4.78 is 1.92.